The van der Waals surface area contributed by atoms with Crippen LogP contribution in [0, 0.1) is 0 Å². The molecular formula is C38H36N4O2S. The average Bonchev–Trinajstić information content (AvgIpc) is 3.43. The topological polar surface area (TPSA) is 58.4 Å². The van der Waals surface area contributed by atoms with Gasteiger partial charge in [-0.15, -0.1) is 0 Å². The second-order valence-corrected chi connectivity index (χ2v) is 13.4. The molecule has 0 bridgehead atoms. The maximum Gasteiger partial charge on any atom is 0.269 e. The van der Waals surface area contributed by atoms with E-state index < -0.39 is 10.0 Å². The van der Waals surface area contributed by atoms with Gasteiger partial charge in [0.05, 0.1) is 10.4 Å². The van der Waals surface area contributed by atoms with Crippen molar-refractivity contribution in [3.63, 3.8) is 0 Å². The molecule has 6 nitrogen and oxygen atoms in total. The number of rotatable bonds is 7. The number of nitrogens with zero attached hydrogens (tertiary/aromatic N) is 4. The number of likely N-dealkylation sites (N-methyl/N-ethyl adjacent to an activating group) is 1. The molecule has 0 amide bonds. The second-order valence-electron chi connectivity index (χ2n) is 11.6. The molecule has 1 aliphatic heterocycles. The molecule has 0 unspecified atom stereocenters. The van der Waals surface area contributed by atoms with E-state index >= 15 is 0 Å². The maximum absolute atomic E-state index is 14.3. The highest BCUT2D eigenvalue weighted by Gasteiger charge is 2.26. The Balaban J connectivity index is 1.44. The molecule has 7 heteroatoms. The molecular weight excluding hydrogens is 577 g/mol. The van der Waals surface area contributed by atoms with E-state index in [9.17, 15) is 8.42 Å². The van der Waals surface area contributed by atoms with Gasteiger partial charge in [0, 0.05) is 48.8 Å². The van der Waals surface area contributed by atoms with E-state index in [1.54, 1.807) is 30.5 Å². The molecule has 7 rings (SSSR count). The van der Waals surface area contributed by atoms with Crippen molar-refractivity contribution in [2.24, 2.45) is 0 Å². The molecule has 2 aromatic heterocycles. The van der Waals surface area contributed by atoms with E-state index in [1.165, 1.54) is 9.66 Å². The fourth-order valence-corrected chi connectivity index (χ4v) is 7.87. The van der Waals surface area contributed by atoms with Gasteiger partial charge in [-0.05, 0) is 83.8 Å². The standard InChI is InChI=1S/C38H36N4O2S/c1-3-10-33(29-11-6-4-7-12-29)34-21-22-39-38-37(34)35-27-30(28-15-18-31(19-16-28)41-25-23-40(2)24-26-41)17-20-36(35)42(38)45(43,44)32-13-8-5-9-14-32/h4-22,27H,3,23-26H2,1-2H3/b33-10+. The number of allylic oxidation sites excluding steroid dienone is 1. The lowest BCUT2D eigenvalue weighted by Gasteiger charge is -2.34. The van der Waals surface area contributed by atoms with Gasteiger partial charge in [-0.1, -0.05) is 79.7 Å². The summed E-state index contributed by atoms with van der Waals surface area (Å²) in [6.45, 7) is 6.27. The first kappa shape index (κ1) is 29.0. The number of benzene rings is 4. The normalized spacial score (nSPS) is 14.8. The fourth-order valence-electron chi connectivity index (χ4n) is 6.38. The number of piperazine rings is 1. The average molecular weight is 613 g/mol. The van der Waals surface area contributed by atoms with Crippen molar-refractivity contribution in [3.8, 4) is 11.1 Å². The Labute approximate surface area is 264 Å². The number of anilines is 1. The van der Waals surface area contributed by atoms with Crippen molar-refractivity contribution >= 4 is 43.2 Å². The van der Waals surface area contributed by atoms with Crippen LogP contribution in [-0.2, 0) is 10.0 Å². The lowest BCUT2D eigenvalue weighted by molar-refractivity contribution is 0.313. The zero-order valence-corrected chi connectivity index (χ0v) is 26.4. The van der Waals surface area contributed by atoms with Crippen LogP contribution in [0.2, 0.25) is 0 Å². The largest absolute Gasteiger partial charge is 0.369 e. The molecule has 4 aromatic carbocycles. The van der Waals surface area contributed by atoms with Gasteiger partial charge in [0.25, 0.3) is 10.0 Å². The Morgan fingerprint density at radius 3 is 2.16 bits per heavy atom. The van der Waals surface area contributed by atoms with E-state index in [0.29, 0.717) is 11.2 Å². The monoisotopic (exact) mass is 612 g/mol. The van der Waals surface area contributed by atoms with E-state index in [4.69, 9.17) is 4.98 Å². The Kier molecular flexibility index (Phi) is 7.73. The first-order valence-corrected chi connectivity index (χ1v) is 16.9. The summed E-state index contributed by atoms with van der Waals surface area (Å²) in [6.07, 6.45) is 4.76. The van der Waals surface area contributed by atoms with Gasteiger partial charge >= 0.3 is 0 Å². The molecule has 0 N–H and O–H groups in total. The third-order valence-corrected chi connectivity index (χ3v) is 10.5. The predicted octanol–water partition coefficient (Wildman–Crippen LogP) is 7.69. The number of hydrogen-bond donors (Lipinski definition) is 0. The number of hydrogen-bond acceptors (Lipinski definition) is 5. The Hall–Kier alpha value is -4.72. The SMILES string of the molecule is CC/C=C(\c1ccccc1)c1ccnc2c1c1cc(-c3ccc(N4CCN(C)CC4)cc3)ccc1n2S(=O)(=O)c1ccccc1. The van der Waals surface area contributed by atoms with Gasteiger partial charge in [0.15, 0.2) is 5.65 Å². The second kappa shape index (κ2) is 12.0. The quantitative estimate of drug-likeness (QED) is 0.185. The minimum Gasteiger partial charge on any atom is -0.369 e. The van der Waals surface area contributed by atoms with Crippen LogP contribution in [0.5, 0.6) is 0 Å². The molecule has 1 fully saturated rings. The van der Waals surface area contributed by atoms with E-state index in [2.05, 4.69) is 72.3 Å². The summed E-state index contributed by atoms with van der Waals surface area (Å²) in [4.78, 5) is 9.74. The van der Waals surface area contributed by atoms with E-state index in [0.717, 1.165) is 71.2 Å². The first-order valence-electron chi connectivity index (χ1n) is 15.5. The fraction of sp³-hybridized carbons (Fsp3) is 0.184. The third kappa shape index (κ3) is 5.32. The zero-order valence-electron chi connectivity index (χ0n) is 25.6. The molecule has 3 heterocycles. The van der Waals surface area contributed by atoms with E-state index in [1.807, 2.05) is 42.5 Å². The summed E-state index contributed by atoms with van der Waals surface area (Å²) in [5.41, 5.74) is 7.46. The highest BCUT2D eigenvalue weighted by Crippen LogP contribution is 2.39. The van der Waals surface area contributed by atoms with Gasteiger partial charge in [0.1, 0.15) is 0 Å². The maximum atomic E-state index is 14.3. The van der Waals surface area contributed by atoms with Crippen LogP contribution in [0.25, 0.3) is 38.6 Å². The Morgan fingerprint density at radius 1 is 0.800 bits per heavy atom. The molecule has 0 radical (unpaired) electrons. The predicted molar refractivity (Wildman–Crippen MR) is 185 cm³/mol. The molecule has 0 atom stereocenters. The Morgan fingerprint density at radius 2 is 1.47 bits per heavy atom. The van der Waals surface area contributed by atoms with Crippen LogP contribution in [-0.4, -0.2) is 55.5 Å². The molecule has 226 valence electrons. The summed E-state index contributed by atoms with van der Waals surface area (Å²) < 4.78 is 29.9. The van der Waals surface area contributed by atoms with Gasteiger partial charge in [-0.3, -0.25) is 0 Å². The van der Waals surface area contributed by atoms with Crippen LogP contribution >= 0.6 is 0 Å². The van der Waals surface area contributed by atoms with Crippen molar-refractivity contribution in [2.75, 3.05) is 38.1 Å². The minimum atomic E-state index is -3.94. The van der Waals surface area contributed by atoms with Crippen molar-refractivity contribution in [3.05, 3.63) is 133 Å². The van der Waals surface area contributed by atoms with Crippen LogP contribution in [0.1, 0.15) is 24.5 Å². The van der Waals surface area contributed by atoms with Crippen LogP contribution < -0.4 is 4.90 Å². The summed E-state index contributed by atoms with van der Waals surface area (Å²) >= 11 is 0. The van der Waals surface area contributed by atoms with Gasteiger partial charge in [0.2, 0.25) is 0 Å². The highest BCUT2D eigenvalue weighted by molar-refractivity contribution is 7.90. The van der Waals surface area contributed by atoms with Gasteiger partial charge in [-0.25, -0.2) is 17.4 Å². The summed E-state index contributed by atoms with van der Waals surface area (Å²) in [7, 11) is -1.77. The third-order valence-electron chi connectivity index (χ3n) is 8.74. The van der Waals surface area contributed by atoms with Crippen LogP contribution in [0.4, 0.5) is 5.69 Å². The highest BCUT2D eigenvalue weighted by atomic mass is 32.2. The number of aromatic nitrogens is 2. The molecule has 0 saturated carbocycles. The molecule has 6 aromatic rings. The lowest BCUT2D eigenvalue weighted by Crippen LogP contribution is -2.44. The van der Waals surface area contributed by atoms with Crippen LogP contribution in [0.15, 0.2) is 126 Å². The number of fused-ring (bicyclic) bond motifs is 3. The molecule has 1 aliphatic rings. The van der Waals surface area contributed by atoms with E-state index in [-0.39, 0.29) is 4.90 Å². The molecule has 0 spiro atoms. The first-order chi connectivity index (χ1) is 22.0. The van der Waals surface area contributed by atoms with Crippen LogP contribution in [0.3, 0.4) is 0 Å². The van der Waals surface area contributed by atoms with Crippen molar-refractivity contribution in [1.29, 1.82) is 0 Å². The van der Waals surface area contributed by atoms with Crippen molar-refractivity contribution < 1.29 is 8.42 Å². The van der Waals surface area contributed by atoms with Crippen molar-refractivity contribution in [2.45, 2.75) is 18.2 Å². The number of pyridine rings is 1. The summed E-state index contributed by atoms with van der Waals surface area (Å²) in [6, 6.07) is 35.7. The van der Waals surface area contributed by atoms with Gasteiger partial charge in [-0.2, -0.15) is 0 Å². The Bertz CT molecular complexity index is 2110. The molecule has 0 aliphatic carbocycles. The zero-order chi connectivity index (χ0) is 31.0. The molecule has 1 saturated heterocycles. The summed E-state index contributed by atoms with van der Waals surface area (Å²) in [5.74, 6) is 0. The molecule has 45 heavy (non-hydrogen) atoms. The smallest absolute Gasteiger partial charge is 0.269 e. The summed E-state index contributed by atoms with van der Waals surface area (Å²) in [5, 5.41) is 1.68. The van der Waals surface area contributed by atoms with Crippen molar-refractivity contribution in [1.82, 2.24) is 13.9 Å². The lowest BCUT2D eigenvalue weighted by atomic mass is 9.93. The van der Waals surface area contributed by atoms with Gasteiger partial charge < -0.3 is 9.80 Å². The minimum absolute atomic E-state index is 0.229.